The first kappa shape index (κ1) is 19.9. The highest BCUT2D eigenvalue weighted by Crippen LogP contribution is 2.07. The van der Waals surface area contributed by atoms with Gasteiger partial charge in [0.1, 0.15) is 5.70 Å². The summed E-state index contributed by atoms with van der Waals surface area (Å²) in [5.74, 6) is -1.14. The number of carbonyl (C=O) groups excluding carboxylic acids is 3. The first-order chi connectivity index (χ1) is 13.1. The average molecular weight is 366 g/mol. The van der Waals surface area contributed by atoms with E-state index in [0.29, 0.717) is 18.5 Å². The monoisotopic (exact) mass is 366 g/mol. The lowest BCUT2D eigenvalue weighted by Gasteiger charge is -2.11. The Balaban J connectivity index is 2.05. The number of rotatable bonds is 8. The van der Waals surface area contributed by atoms with E-state index in [0.717, 1.165) is 5.56 Å². The van der Waals surface area contributed by atoms with Crippen molar-refractivity contribution in [1.29, 1.82) is 0 Å². The molecule has 0 atom stereocenters. The lowest BCUT2D eigenvalue weighted by molar-refractivity contribution is -0.140. The summed E-state index contributed by atoms with van der Waals surface area (Å²) in [6, 6.07) is 17.9. The second kappa shape index (κ2) is 10.6. The molecule has 0 heterocycles. The lowest BCUT2D eigenvalue weighted by atomic mass is 10.1. The zero-order chi connectivity index (χ0) is 19.5. The van der Waals surface area contributed by atoms with E-state index in [4.69, 9.17) is 4.74 Å². The lowest BCUT2D eigenvalue weighted by Crippen LogP contribution is -2.35. The fourth-order valence-corrected chi connectivity index (χ4v) is 2.24. The zero-order valence-electron chi connectivity index (χ0n) is 15.1. The molecule has 0 unspecified atom stereocenters. The summed E-state index contributed by atoms with van der Waals surface area (Å²) < 4.78 is 4.83. The standard InChI is InChI=1S/C21H22N2O4/c1-16(24)27-14-8-13-22-21(26)19(15-17-9-4-2-5-10-17)23-20(25)18-11-6-3-7-12-18/h2-7,9-12,15H,8,13-14H2,1H3,(H,22,26)(H,23,25)/b19-15+. The van der Waals surface area contributed by atoms with E-state index >= 15 is 0 Å². The maximum absolute atomic E-state index is 12.5. The van der Waals surface area contributed by atoms with Gasteiger partial charge in [0.25, 0.3) is 11.8 Å². The number of ether oxygens (including phenoxy) is 1. The van der Waals surface area contributed by atoms with Crippen LogP contribution in [0.1, 0.15) is 29.3 Å². The molecule has 0 radical (unpaired) electrons. The van der Waals surface area contributed by atoms with Gasteiger partial charge in [0.15, 0.2) is 0 Å². The summed E-state index contributed by atoms with van der Waals surface area (Å²) in [4.78, 5) is 35.7. The quantitative estimate of drug-likeness (QED) is 0.427. The Morgan fingerprint density at radius 1 is 0.963 bits per heavy atom. The van der Waals surface area contributed by atoms with Crippen molar-refractivity contribution >= 4 is 23.9 Å². The van der Waals surface area contributed by atoms with Crippen molar-refractivity contribution in [1.82, 2.24) is 10.6 Å². The molecule has 140 valence electrons. The minimum absolute atomic E-state index is 0.141. The molecule has 0 bridgehead atoms. The van der Waals surface area contributed by atoms with Crippen LogP contribution in [0.3, 0.4) is 0 Å². The van der Waals surface area contributed by atoms with Crippen LogP contribution in [-0.2, 0) is 14.3 Å². The summed E-state index contributed by atoms with van der Waals surface area (Å²) >= 11 is 0. The molecule has 0 spiro atoms. The largest absolute Gasteiger partial charge is 0.466 e. The fraction of sp³-hybridized carbons (Fsp3) is 0.190. The van der Waals surface area contributed by atoms with Crippen LogP contribution in [0.5, 0.6) is 0 Å². The third-order valence-corrected chi connectivity index (χ3v) is 3.55. The minimum atomic E-state index is -0.411. The van der Waals surface area contributed by atoms with E-state index in [1.165, 1.54) is 6.92 Å². The second-order valence-corrected chi connectivity index (χ2v) is 5.74. The normalized spacial score (nSPS) is 10.8. The van der Waals surface area contributed by atoms with Crippen molar-refractivity contribution < 1.29 is 19.1 Å². The number of nitrogens with one attached hydrogen (secondary N) is 2. The molecule has 0 saturated heterocycles. The van der Waals surface area contributed by atoms with Gasteiger partial charge in [-0.3, -0.25) is 14.4 Å². The fourth-order valence-electron chi connectivity index (χ4n) is 2.24. The van der Waals surface area contributed by atoms with Crippen LogP contribution < -0.4 is 10.6 Å². The van der Waals surface area contributed by atoms with E-state index in [9.17, 15) is 14.4 Å². The molecule has 2 aromatic rings. The number of hydrogen-bond donors (Lipinski definition) is 2. The molecule has 2 N–H and O–H groups in total. The molecular weight excluding hydrogens is 344 g/mol. The number of amides is 2. The van der Waals surface area contributed by atoms with E-state index in [1.54, 1.807) is 30.3 Å². The van der Waals surface area contributed by atoms with Crippen LogP contribution in [0.25, 0.3) is 6.08 Å². The van der Waals surface area contributed by atoms with Gasteiger partial charge in [-0.15, -0.1) is 0 Å². The van der Waals surface area contributed by atoms with Gasteiger partial charge in [-0.25, -0.2) is 0 Å². The summed E-state index contributed by atoms with van der Waals surface area (Å²) in [5, 5.41) is 5.39. The van der Waals surface area contributed by atoms with Crippen molar-refractivity contribution in [3.63, 3.8) is 0 Å². The highest BCUT2D eigenvalue weighted by Gasteiger charge is 2.14. The molecule has 6 nitrogen and oxygen atoms in total. The van der Waals surface area contributed by atoms with Crippen molar-refractivity contribution in [3.05, 3.63) is 77.5 Å². The van der Waals surface area contributed by atoms with Gasteiger partial charge in [0.05, 0.1) is 6.61 Å². The van der Waals surface area contributed by atoms with Crippen LogP contribution in [0.4, 0.5) is 0 Å². The van der Waals surface area contributed by atoms with Crippen molar-refractivity contribution in [2.24, 2.45) is 0 Å². The van der Waals surface area contributed by atoms with Crippen LogP contribution in [0.15, 0.2) is 66.4 Å². The predicted molar refractivity (Wildman–Crippen MR) is 103 cm³/mol. The SMILES string of the molecule is CC(=O)OCCCNC(=O)/C(=C\c1ccccc1)NC(=O)c1ccccc1. The van der Waals surface area contributed by atoms with Crippen LogP contribution in [0.2, 0.25) is 0 Å². The highest BCUT2D eigenvalue weighted by molar-refractivity contribution is 6.05. The van der Waals surface area contributed by atoms with Crippen LogP contribution in [-0.4, -0.2) is 30.9 Å². The smallest absolute Gasteiger partial charge is 0.302 e. The first-order valence-corrected chi connectivity index (χ1v) is 8.61. The van der Waals surface area contributed by atoms with Crippen LogP contribution in [0, 0.1) is 0 Å². The topological polar surface area (TPSA) is 84.5 Å². The Bertz CT molecular complexity index is 801. The molecule has 0 aliphatic rings. The predicted octanol–water partition coefficient (Wildman–Crippen LogP) is 2.53. The van der Waals surface area contributed by atoms with E-state index in [-0.39, 0.29) is 24.2 Å². The van der Waals surface area contributed by atoms with E-state index in [2.05, 4.69) is 10.6 Å². The Morgan fingerprint density at radius 2 is 1.59 bits per heavy atom. The average Bonchev–Trinajstić information content (AvgIpc) is 2.68. The van der Waals surface area contributed by atoms with Gasteiger partial charge in [-0.2, -0.15) is 0 Å². The van der Waals surface area contributed by atoms with Gasteiger partial charge in [0, 0.05) is 19.0 Å². The minimum Gasteiger partial charge on any atom is -0.466 e. The third-order valence-electron chi connectivity index (χ3n) is 3.55. The molecule has 0 fully saturated rings. The Labute approximate surface area is 158 Å². The molecule has 0 saturated carbocycles. The third kappa shape index (κ3) is 7.15. The second-order valence-electron chi connectivity index (χ2n) is 5.74. The first-order valence-electron chi connectivity index (χ1n) is 8.61. The maximum atomic E-state index is 12.5. The van der Waals surface area contributed by atoms with Gasteiger partial charge < -0.3 is 15.4 Å². The molecule has 0 aliphatic heterocycles. The molecule has 0 aliphatic carbocycles. The molecule has 27 heavy (non-hydrogen) atoms. The highest BCUT2D eigenvalue weighted by atomic mass is 16.5. The number of benzene rings is 2. The van der Waals surface area contributed by atoms with Gasteiger partial charge in [-0.05, 0) is 30.2 Å². The molecule has 2 amide bonds. The Morgan fingerprint density at radius 3 is 2.22 bits per heavy atom. The molecule has 0 aromatic heterocycles. The van der Waals surface area contributed by atoms with Gasteiger partial charge in [0.2, 0.25) is 0 Å². The summed E-state index contributed by atoms with van der Waals surface area (Å²) in [6.07, 6.45) is 2.10. The zero-order valence-corrected chi connectivity index (χ0v) is 15.1. The number of hydrogen-bond acceptors (Lipinski definition) is 4. The van der Waals surface area contributed by atoms with Crippen LogP contribution >= 0.6 is 0 Å². The summed E-state index contributed by atoms with van der Waals surface area (Å²) in [5.41, 5.74) is 1.39. The summed E-state index contributed by atoms with van der Waals surface area (Å²) in [7, 11) is 0. The van der Waals surface area contributed by atoms with E-state index < -0.39 is 5.91 Å². The van der Waals surface area contributed by atoms with Gasteiger partial charge >= 0.3 is 5.97 Å². The molecule has 6 heteroatoms. The van der Waals surface area contributed by atoms with Crippen molar-refractivity contribution in [2.75, 3.05) is 13.2 Å². The molecule has 2 rings (SSSR count). The van der Waals surface area contributed by atoms with E-state index in [1.807, 2.05) is 36.4 Å². The van der Waals surface area contributed by atoms with Crippen molar-refractivity contribution in [3.8, 4) is 0 Å². The van der Waals surface area contributed by atoms with Gasteiger partial charge in [-0.1, -0.05) is 48.5 Å². The Kier molecular flexibility index (Phi) is 7.78. The maximum Gasteiger partial charge on any atom is 0.302 e. The number of esters is 1. The summed E-state index contributed by atoms with van der Waals surface area (Å²) in [6.45, 7) is 1.88. The molecular formula is C21H22N2O4. The van der Waals surface area contributed by atoms with Crippen molar-refractivity contribution in [2.45, 2.75) is 13.3 Å². The Hall–Kier alpha value is -3.41. The molecule has 2 aromatic carbocycles. The number of carbonyl (C=O) groups is 3.